The second-order valence-corrected chi connectivity index (χ2v) is 5.82. The van der Waals surface area contributed by atoms with Gasteiger partial charge in [0.1, 0.15) is 6.04 Å². The Morgan fingerprint density at radius 2 is 2.14 bits per heavy atom. The van der Waals surface area contributed by atoms with Crippen LogP contribution in [0.2, 0.25) is 0 Å². The Morgan fingerprint density at radius 1 is 1.38 bits per heavy atom. The van der Waals surface area contributed by atoms with Gasteiger partial charge in [0.05, 0.1) is 11.3 Å². The Labute approximate surface area is 134 Å². The summed E-state index contributed by atoms with van der Waals surface area (Å²) >= 11 is 1.99. The minimum atomic E-state index is -1.13. The molecular weight excluding hydrogens is 389 g/mol. The molecule has 1 unspecified atom stereocenters. The lowest BCUT2D eigenvalue weighted by atomic mass is 10.1. The molecule has 1 aromatic carbocycles. The fourth-order valence-corrected chi connectivity index (χ4v) is 2.52. The van der Waals surface area contributed by atoms with Gasteiger partial charge in [0.2, 0.25) is 5.91 Å². The SMILES string of the molecule is O=C(Nc1ccc(I)cc1C(=O)O)NC1CCCNC1=O. The van der Waals surface area contributed by atoms with E-state index in [1.807, 2.05) is 22.6 Å². The van der Waals surface area contributed by atoms with Gasteiger partial charge in [-0.3, -0.25) is 4.79 Å². The molecule has 112 valence electrons. The highest BCUT2D eigenvalue weighted by Crippen LogP contribution is 2.19. The molecule has 3 amide bonds. The number of anilines is 1. The van der Waals surface area contributed by atoms with E-state index in [0.29, 0.717) is 13.0 Å². The number of rotatable bonds is 3. The third-order valence-electron chi connectivity index (χ3n) is 3.05. The third kappa shape index (κ3) is 4.06. The predicted octanol–water partition coefficient (Wildman–Crippen LogP) is 1.39. The molecule has 1 aliphatic heterocycles. The van der Waals surface area contributed by atoms with Crippen molar-refractivity contribution in [2.24, 2.45) is 0 Å². The van der Waals surface area contributed by atoms with Gasteiger partial charge in [0.15, 0.2) is 0 Å². The molecule has 8 heteroatoms. The van der Waals surface area contributed by atoms with E-state index in [0.717, 1.165) is 9.99 Å². The van der Waals surface area contributed by atoms with E-state index in [2.05, 4.69) is 16.0 Å². The number of carbonyl (C=O) groups is 3. The van der Waals surface area contributed by atoms with E-state index >= 15 is 0 Å². The zero-order chi connectivity index (χ0) is 15.4. The summed E-state index contributed by atoms with van der Waals surface area (Å²) in [6.07, 6.45) is 1.36. The summed E-state index contributed by atoms with van der Waals surface area (Å²) < 4.78 is 0.752. The molecule has 0 radical (unpaired) electrons. The quantitative estimate of drug-likeness (QED) is 0.573. The Hall–Kier alpha value is -1.84. The smallest absolute Gasteiger partial charge is 0.337 e. The van der Waals surface area contributed by atoms with Crippen LogP contribution in [0.5, 0.6) is 0 Å². The monoisotopic (exact) mass is 403 g/mol. The summed E-state index contributed by atoms with van der Waals surface area (Å²) in [5.41, 5.74) is 0.196. The van der Waals surface area contributed by atoms with Crippen molar-refractivity contribution >= 4 is 46.2 Å². The number of carboxylic acid groups (broad SMARTS) is 1. The first-order valence-electron chi connectivity index (χ1n) is 6.35. The minimum Gasteiger partial charge on any atom is -0.478 e. The van der Waals surface area contributed by atoms with Crippen LogP contribution in [0.15, 0.2) is 18.2 Å². The van der Waals surface area contributed by atoms with Gasteiger partial charge in [-0.05, 0) is 53.6 Å². The van der Waals surface area contributed by atoms with Crippen LogP contribution < -0.4 is 16.0 Å². The zero-order valence-corrected chi connectivity index (χ0v) is 13.1. The van der Waals surface area contributed by atoms with Crippen molar-refractivity contribution in [3.05, 3.63) is 27.3 Å². The summed E-state index contributed by atoms with van der Waals surface area (Å²) in [6.45, 7) is 0.610. The van der Waals surface area contributed by atoms with Gasteiger partial charge >= 0.3 is 12.0 Å². The first-order chi connectivity index (χ1) is 9.97. The molecule has 7 nitrogen and oxygen atoms in total. The van der Waals surface area contributed by atoms with E-state index in [1.54, 1.807) is 6.07 Å². The highest BCUT2D eigenvalue weighted by atomic mass is 127. The molecule has 0 aromatic heterocycles. The fourth-order valence-electron chi connectivity index (χ4n) is 2.03. The number of benzene rings is 1. The Bertz CT molecular complexity index is 591. The average Bonchev–Trinajstić information content (AvgIpc) is 2.43. The summed E-state index contributed by atoms with van der Waals surface area (Å²) in [5, 5.41) is 16.8. The van der Waals surface area contributed by atoms with Gasteiger partial charge < -0.3 is 21.1 Å². The molecule has 4 N–H and O–H groups in total. The molecule has 1 aromatic rings. The lowest BCUT2D eigenvalue weighted by Crippen LogP contribution is -2.51. The van der Waals surface area contributed by atoms with E-state index in [1.165, 1.54) is 12.1 Å². The van der Waals surface area contributed by atoms with Crippen LogP contribution in [0.1, 0.15) is 23.2 Å². The topological polar surface area (TPSA) is 108 Å². The number of hydrogen-bond acceptors (Lipinski definition) is 3. The van der Waals surface area contributed by atoms with Gasteiger partial charge in [-0.15, -0.1) is 0 Å². The number of amides is 3. The Balaban J connectivity index is 2.05. The molecule has 0 spiro atoms. The predicted molar refractivity (Wildman–Crippen MR) is 84.3 cm³/mol. The van der Waals surface area contributed by atoms with Crippen molar-refractivity contribution < 1.29 is 19.5 Å². The highest BCUT2D eigenvalue weighted by molar-refractivity contribution is 14.1. The molecule has 0 aliphatic carbocycles. The number of carboxylic acids is 1. The molecule has 1 saturated heterocycles. The fraction of sp³-hybridized carbons (Fsp3) is 0.308. The summed E-state index contributed by atoms with van der Waals surface area (Å²) in [6, 6.07) is 3.49. The largest absolute Gasteiger partial charge is 0.478 e. The second-order valence-electron chi connectivity index (χ2n) is 4.58. The van der Waals surface area contributed by atoms with Gasteiger partial charge in [-0.1, -0.05) is 0 Å². The molecular formula is C13H14IN3O4. The number of hydrogen-bond donors (Lipinski definition) is 4. The molecule has 21 heavy (non-hydrogen) atoms. The Kier molecular flexibility index (Phi) is 4.99. The highest BCUT2D eigenvalue weighted by Gasteiger charge is 2.24. The average molecular weight is 403 g/mol. The number of carbonyl (C=O) groups excluding carboxylic acids is 2. The van der Waals surface area contributed by atoms with Crippen LogP contribution in [0.3, 0.4) is 0 Å². The van der Waals surface area contributed by atoms with Crippen LogP contribution in [-0.4, -0.2) is 35.6 Å². The third-order valence-corrected chi connectivity index (χ3v) is 3.72. The Morgan fingerprint density at radius 3 is 2.81 bits per heavy atom. The van der Waals surface area contributed by atoms with Crippen LogP contribution in [-0.2, 0) is 4.79 Å². The second kappa shape index (κ2) is 6.74. The molecule has 1 atom stereocenters. The molecule has 1 fully saturated rings. The van der Waals surface area contributed by atoms with Crippen molar-refractivity contribution in [3.63, 3.8) is 0 Å². The van der Waals surface area contributed by atoms with Crippen molar-refractivity contribution in [3.8, 4) is 0 Å². The molecule has 1 heterocycles. The van der Waals surface area contributed by atoms with E-state index < -0.39 is 18.0 Å². The van der Waals surface area contributed by atoms with Crippen LogP contribution in [0, 0.1) is 3.57 Å². The molecule has 1 aliphatic rings. The van der Waals surface area contributed by atoms with Crippen LogP contribution in [0.25, 0.3) is 0 Å². The first-order valence-corrected chi connectivity index (χ1v) is 7.43. The zero-order valence-electron chi connectivity index (χ0n) is 11.0. The number of aromatic carboxylic acids is 1. The summed E-state index contributed by atoms with van der Waals surface area (Å²) in [7, 11) is 0. The standard InChI is InChI=1S/C13H14IN3O4/c14-7-3-4-9(8(6-7)12(19)20)16-13(21)17-10-2-1-5-15-11(10)18/h3-4,6,10H,1-2,5H2,(H,15,18)(H,19,20)(H2,16,17,21). The van der Waals surface area contributed by atoms with Crippen molar-refractivity contribution in [2.45, 2.75) is 18.9 Å². The molecule has 2 rings (SSSR count). The van der Waals surface area contributed by atoms with Crippen molar-refractivity contribution in [1.29, 1.82) is 0 Å². The first kappa shape index (κ1) is 15.5. The normalized spacial score (nSPS) is 17.8. The van der Waals surface area contributed by atoms with E-state index in [-0.39, 0.29) is 17.2 Å². The summed E-state index contributed by atoms with van der Waals surface area (Å²) in [5.74, 6) is -1.35. The lowest BCUT2D eigenvalue weighted by molar-refractivity contribution is -0.124. The van der Waals surface area contributed by atoms with Gasteiger partial charge in [-0.2, -0.15) is 0 Å². The number of halogens is 1. The van der Waals surface area contributed by atoms with Crippen molar-refractivity contribution in [1.82, 2.24) is 10.6 Å². The van der Waals surface area contributed by atoms with E-state index in [4.69, 9.17) is 5.11 Å². The number of urea groups is 1. The summed E-state index contributed by atoms with van der Waals surface area (Å²) in [4.78, 5) is 34.6. The maximum atomic E-state index is 11.9. The number of nitrogens with one attached hydrogen (secondary N) is 3. The van der Waals surface area contributed by atoms with Gasteiger partial charge in [0.25, 0.3) is 0 Å². The van der Waals surface area contributed by atoms with Crippen molar-refractivity contribution in [2.75, 3.05) is 11.9 Å². The van der Waals surface area contributed by atoms with Crippen LogP contribution in [0.4, 0.5) is 10.5 Å². The molecule has 0 saturated carbocycles. The maximum Gasteiger partial charge on any atom is 0.337 e. The maximum absolute atomic E-state index is 11.9. The lowest BCUT2D eigenvalue weighted by Gasteiger charge is -2.23. The van der Waals surface area contributed by atoms with Gasteiger partial charge in [-0.25, -0.2) is 9.59 Å². The van der Waals surface area contributed by atoms with Gasteiger partial charge in [0, 0.05) is 10.1 Å². The van der Waals surface area contributed by atoms with E-state index in [9.17, 15) is 14.4 Å². The number of piperidine rings is 1. The van der Waals surface area contributed by atoms with Crippen LogP contribution >= 0.6 is 22.6 Å². The molecule has 0 bridgehead atoms. The minimum absolute atomic E-state index is 0.00476.